The Kier molecular flexibility index (Phi) is 6.90. The maximum Gasteiger partial charge on any atom is 0.329 e. The third kappa shape index (κ3) is 7.07. The van der Waals surface area contributed by atoms with Crippen LogP contribution < -0.4 is 10.6 Å². The van der Waals surface area contributed by atoms with Crippen molar-refractivity contribution in [2.24, 2.45) is 0 Å². The molecule has 3 N–H and O–H groups in total. The van der Waals surface area contributed by atoms with E-state index in [1.54, 1.807) is 12.1 Å². The van der Waals surface area contributed by atoms with Crippen LogP contribution in [0.4, 0.5) is 0 Å². The van der Waals surface area contributed by atoms with E-state index in [1.165, 1.54) is 0 Å². The second-order valence-electron chi connectivity index (χ2n) is 4.36. The van der Waals surface area contributed by atoms with Crippen LogP contribution in [-0.2, 0) is 14.3 Å². The molecular weight excluding hydrogens is 276 g/mol. The number of aryl methyl sites for hydroxylation is 1. The van der Waals surface area contributed by atoms with Gasteiger partial charge in [-0.25, -0.2) is 4.79 Å². The number of benzene rings is 1. The topological polar surface area (TPSA) is 105 Å². The first-order valence-corrected chi connectivity index (χ1v) is 6.40. The number of amides is 2. The SMILES string of the molecule is Cc1ccc(C(=O)NCCNC(=O)COCC(=O)O)cc1. The third-order valence-electron chi connectivity index (χ3n) is 2.51. The fourth-order valence-corrected chi connectivity index (χ4v) is 1.47. The van der Waals surface area contributed by atoms with Gasteiger partial charge in [-0.05, 0) is 19.1 Å². The number of carboxylic acids is 1. The van der Waals surface area contributed by atoms with Gasteiger partial charge < -0.3 is 20.5 Å². The molecule has 0 saturated heterocycles. The third-order valence-corrected chi connectivity index (χ3v) is 2.51. The zero-order valence-electron chi connectivity index (χ0n) is 11.7. The molecule has 0 fully saturated rings. The first-order chi connectivity index (χ1) is 9.99. The zero-order chi connectivity index (χ0) is 15.7. The molecule has 21 heavy (non-hydrogen) atoms. The monoisotopic (exact) mass is 294 g/mol. The maximum atomic E-state index is 11.7. The molecule has 0 spiro atoms. The Morgan fingerprint density at radius 1 is 1.05 bits per heavy atom. The summed E-state index contributed by atoms with van der Waals surface area (Å²) in [6.45, 7) is 1.61. The summed E-state index contributed by atoms with van der Waals surface area (Å²) in [6, 6.07) is 7.14. The van der Waals surface area contributed by atoms with Gasteiger partial charge in [0.1, 0.15) is 13.2 Å². The van der Waals surface area contributed by atoms with E-state index in [2.05, 4.69) is 15.4 Å². The minimum atomic E-state index is -1.13. The van der Waals surface area contributed by atoms with Gasteiger partial charge in [0, 0.05) is 18.7 Å². The lowest BCUT2D eigenvalue weighted by atomic mass is 10.1. The van der Waals surface area contributed by atoms with Gasteiger partial charge in [-0.1, -0.05) is 17.7 Å². The zero-order valence-corrected chi connectivity index (χ0v) is 11.7. The van der Waals surface area contributed by atoms with Gasteiger partial charge in [0.05, 0.1) is 0 Å². The van der Waals surface area contributed by atoms with Gasteiger partial charge in [-0.3, -0.25) is 9.59 Å². The molecule has 0 aromatic heterocycles. The van der Waals surface area contributed by atoms with E-state index < -0.39 is 18.5 Å². The highest BCUT2D eigenvalue weighted by molar-refractivity contribution is 5.94. The Bertz CT molecular complexity index is 499. The molecule has 7 nitrogen and oxygen atoms in total. The van der Waals surface area contributed by atoms with E-state index in [4.69, 9.17) is 5.11 Å². The van der Waals surface area contributed by atoms with E-state index in [1.807, 2.05) is 19.1 Å². The number of hydrogen-bond donors (Lipinski definition) is 3. The molecule has 114 valence electrons. The fraction of sp³-hybridized carbons (Fsp3) is 0.357. The molecule has 0 aliphatic heterocycles. The van der Waals surface area contributed by atoms with Gasteiger partial charge in [0.2, 0.25) is 5.91 Å². The lowest BCUT2D eigenvalue weighted by Crippen LogP contribution is -2.36. The van der Waals surface area contributed by atoms with Crippen molar-refractivity contribution in [1.82, 2.24) is 10.6 Å². The number of ether oxygens (including phenoxy) is 1. The van der Waals surface area contributed by atoms with Crippen LogP contribution >= 0.6 is 0 Å². The highest BCUT2D eigenvalue weighted by Crippen LogP contribution is 2.02. The summed E-state index contributed by atoms with van der Waals surface area (Å²) in [4.78, 5) is 33.1. The van der Waals surface area contributed by atoms with Crippen LogP contribution in [0.15, 0.2) is 24.3 Å². The average Bonchev–Trinajstić information content (AvgIpc) is 2.43. The molecule has 0 aliphatic rings. The number of rotatable bonds is 8. The predicted octanol–water partition coefficient (Wildman–Crippen LogP) is -0.0578. The molecule has 0 radical (unpaired) electrons. The number of carbonyl (C=O) groups excluding carboxylic acids is 2. The van der Waals surface area contributed by atoms with Gasteiger partial charge in [0.25, 0.3) is 5.91 Å². The summed E-state index contributed by atoms with van der Waals surface area (Å²) in [5, 5.41) is 13.5. The Balaban J connectivity index is 2.16. The Labute approximate surface area is 122 Å². The van der Waals surface area contributed by atoms with E-state index in [-0.39, 0.29) is 25.6 Å². The maximum absolute atomic E-state index is 11.7. The summed E-state index contributed by atoms with van der Waals surface area (Å²) < 4.78 is 4.62. The molecule has 1 rings (SSSR count). The van der Waals surface area contributed by atoms with Crippen LogP contribution in [0, 0.1) is 6.92 Å². The van der Waals surface area contributed by atoms with Crippen molar-refractivity contribution in [3.05, 3.63) is 35.4 Å². The summed E-state index contributed by atoms with van der Waals surface area (Å²) in [5.74, 6) is -1.78. The van der Waals surface area contributed by atoms with Crippen molar-refractivity contribution in [3.63, 3.8) is 0 Å². The van der Waals surface area contributed by atoms with Crippen molar-refractivity contribution >= 4 is 17.8 Å². The number of nitrogens with one attached hydrogen (secondary N) is 2. The van der Waals surface area contributed by atoms with Gasteiger partial charge in [0.15, 0.2) is 0 Å². The van der Waals surface area contributed by atoms with E-state index in [0.717, 1.165) is 5.56 Å². The lowest BCUT2D eigenvalue weighted by molar-refractivity contribution is -0.143. The highest BCUT2D eigenvalue weighted by atomic mass is 16.5. The summed E-state index contributed by atoms with van der Waals surface area (Å²) in [5.41, 5.74) is 1.62. The Morgan fingerprint density at radius 3 is 2.29 bits per heavy atom. The molecule has 0 aliphatic carbocycles. The minimum Gasteiger partial charge on any atom is -0.480 e. The highest BCUT2D eigenvalue weighted by Gasteiger charge is 2.05. The Hall–Kier alpha value is -2.41. The molecule has 7 heteroatoms. The molecule has 1 aromatic rings. The van der Waals surface area contributed by atoms with Crippen molar-refractivity contribution in [2.75, 3.05) is 26.3 Å². The van der Waals surface area contributed by atoms with Crippen molar-refractivity contribution in [2.45, 2.75) is 6.92 Å². The second-order valence-corrected chi connectivity index (χ2v) is 4.36. The van der Waals surface area contributed by atoms with Crippen LogP contribution in [0.3, 0.4) is 0 Å². The van der Waals surface area contributed by atoms with E-state index >= 15 is 0 Å². The molecule has 0 unspecified atom stereocenters. The quantitative estimate of drug-likeness (QED) is 0.583. The molecule has 0 saturated carbocycles. The molecular formula is C14H18N2O5. The van der Waals surface area contributed by atoms with Crippen molar-refractivity contribution < 1.29 is 24.2 Å². The second kappa shape index (κ2) is 8.70. The molecule has 0 bridgehead atoms. The number of carbonyl (C=O) groups is 3. The summed E-state index contributed by atoms with van der Waals surface area (Å²) in [7, 11) is 0. The molecule has 0 atom stereocenters. The van der Waals surface area contributed by atoms with Crippen molar-refractivity contribution in [3.8, 4) is 0 Å². The standard InChI is InChI=1S/C14H18N2O5/c1-10-2-4-11(5-3-10)14(20)16-7-6-15-12(17)8-21-9-13(18)19/h2-5H,6-9H2,1H3,(H,15,17)(H,16,20)(H,18,19). The van der Waals surface area contributed by atoms with Gasteiger partial charge in [-0.2, -0.15) is 0 Å². The van der Waals surface area contributed by atoms with Gasteiger partial charge in [-0.15, -0.1) is 0 Å². The van der Waals surface area contributed by atoms with Crippen LogP contribution in [0.5, 0.6) is 0 Å². The molecule has 1 aromatic carbocycles. The largest absolute Gasteiger partial charge is 0.480 e. The fourth-order valence-electron chi connectivity index (χ4n) is 1.47. The summed E-state index contributed by atoms with van der Waals surface area (Å²) in [6.07, 6.45) is 0. The minimum absolute atomic E-state index is 0.216. The van der Waals surface area contributed by atoms with Gasteiger partial charge >= 0.3 is 5.97 Å². The smallest absolute Gasteiger partial charge is 0.329 e. The van der Waals surface area contributed by atoms with Crippen molar-refractivity contribution in [1.29, 1.82) is 0 Å². The van der Waals surface area contributed by atoms with E-state index in [0.29, 0.717) is 5.56 Å². The van der Waals surface area contributed by atoms with E-state index in [9.17, 15) is 14.4 Å². The normalized spacial score (nSPS) is 9.95. The average molecular weight is 294 g/mol. The Morgan fingerprint density at radius 2 is 1.67 bits per heavy atom. The van der Waals surface area contributed by atoms with Crippen LogP contribution in [0.25, 0.3) is 0 Å². The summed E-state index contributed by atoms with van der Waals surface area (Å²) >= 11 is 0. The lowest BCUT2D eigenvalue weighted by Gasteiger charge is -2.07. The molecule has 0 heterocycles. The van der Waals surface area contributed by atoms with Crippen LogP contribution in [0.2, 0.25) is 0 Å². The first-order valence-electron chi connectivity index (χ1n) is 6.40. The molecule has 2 amide bonds. The number of carboxylic acid groups (broad SMARTS) is 1. The van der Waals surface area contributed by atoms with Crippen LogP contribution in [0.1, 0.15) is 15.9 Å². The first kappa shape index (κ1) is 16.6. The van der Waals surface area contributed by atoms with Crippen LogP contribution in [-0.4, -0.2) is 49.2 Å². The number of hydrogen-bond acceptors (Lipinski definition) is 4. The predicted molar refractivity (Wildman–Crippen MR) is 75.0 cm³/mol. The number of aliphatic carboxylic acids is 1.